The van der Waals surface area contributed by atoms with Gasteiger partial charge in [-0.1, -0.05) is 17.5 Å². The molecule has 0 radical (unpaired) electrons. The van der Waals surface area contributed by atoms with Gasteiger partial charge in [-0.15, -0.1) is 6.42 Å². The summed E-state index contributed by atoms with van der Waals surface area (Å²) in [5.74, 6) is 1.54. The summed E-state index contributed by atoms with van der Waals surface area (Å²) in [4.78, 5) is 11.4. The van der Waals surface area contributed by atoms with Crippen molar-refractivity contribution in [3.8, 4) is 12.3 Å². The molecule has 0 aliphatic heterocycles. The summed E-state index contributed by atoms with van der Waals surface area (Å²) in [5, 5.41) is -0.0469. The highest BCUT2D eigenvalue weighted by Gasteiger charge is 2.24. The van der Waals surface area contributed by atoms with Crippen molar-refractivity contribution < 1.29 is 17.9 Å². The Kier molecular flexibility index (Phi) is 4.58. The molecule has 0 amide bonds. The molecular weight excluding hydrogens is 290 g/mol. The van der Waals surface area contributed by atoms with Crippen molar-refractivity contribution in [3.05, 3.63) is 28.3 Å². The zero-order chi connectivity index (χ0) is 14.8. The maximum atomic E-state index is 12.1. The van der Waals surface area contributed by atoms with Crippen LogP contribution in [0.25, 0.3) is 0 Å². The molecule has 0 fully saturated rings. The third kappa shape index (κ3) is 2.89. The van der Waals surface area contributed by atoms with Gasteiger partial charge in [0.1, 0.15) is 4.90 Å². The van der Waals surface area contributed by atoms with Crippen molar-refractivity contribution in [2.24, 2.45) is 0 Å². The maximum absolute atomic E-state index is 12.1. The van der Waals surface area contributed by atoms with E-state index >= 15 is 0 Å². The van der Waals surface area contributed by atoms with Crippen LogP contribution >= 0.6 is 11.6 Å². The summed E-state index contributed by atoms with van der Waals surface area (Å²) in [7, 11) is 0.126. The topological polar surface area (TPSA) is 63.7 Å². The zero-order valence-corrected chi connectivity index (χ0v) is 12.2. The molecular formula is C12H12ClNO4S. The van der Waals surface area contributed by atoms with E-state index in [4.69, 9.17) is 18.0 Å². The van der Waals surface area contributed by atoms with Gasteiger partial charge in [-0.3, -0.25) is 0 Å². The summed E-state index contributed by atoms with van der Waals surface area (Å²) in [6, 6.07) is 2.38. The smallest absolute Gasteiger partial charge is 0.339 e. The van der Waals surface area contributed by atoms with Gasteiger partial charge in [0.05, 0.1) is 17.7 Å². The average molecular weight is 302 g/mol. The molecule has 1 rings (SSSR count). The van der Waals surface area contributed by atoms with Crippen molar-refractivity contribution in [1.82, 2.24) is 4.31 Å². The Morgan fingerprint density at radius 2 is 2.00 bits per heavy atom. The zero-order valence-electron chi connectivity index (χ0n) is 10.6. The number of nitrogens with zero attached hydrogens (tertiary/aromatic N) is 1. The highest BCUT2D eigenvalue weighted by molar-refractivity contribution is 7.89. The molecule has 0 N–H and O–H groups in total. The Balaban J connectivity index is 3.63. The number of hydrogen-bond acceptors (Lipinski definition) is 4. The van der Waals surface area contributed by atoms with E-state index in [0.29, 0.717) is 0 Å². The standard InChI is InChI=1S/C12H12ClNO4S/c1-5-8-6-10(13)11(19(16,17)14(2)3)7-9(8)12(15)18-4/h1,6-7H,2-4H3. The fourth-order valence-corrected chi connectivity index (χ4v) is 2.77. The fourth-order valence-electron chi connectivity index (χ4n) is 1.35. The summed E-state index contributed by atoms with van der Waals surface area (Å²) in [6.45, 7) is 0. The second-order valence-electron chi connectivity index (χ2n) is 3.75. The van der Waals surface area contributed by atoms with Gasteiger partial charge in [0.2, 0.25) is 10.0 Å². The van der Waals surface area contributed by atoms with Crippen LogP contribution in [0.5, 0.6) is 0 Å². The van der Waals surface area contributed by atoms with Crippen LogP contribution in [-0.4, -0.2) is 39.9 Å². The Labute approximate surface area is 117 Å². The van der Waals surface area contributed by atoms with Crippen molar-refractivity contribution in [2.75, 3.05) is 21.2 Å². The number of ether oxygens (including phenoxy) is 1. The number of rotatable bonds is 3. The molecule has 0 aromatic heterocycles. The van der Waals surface area contributed by atoms with Crippen LogP contribution in [0.2, 0.25) is 5.02 Å². The van der Waals surface area contributed by atoms with Crippen LogP contribution in [0.1, 0.15) is 15.9 Å². The number of carbonyl (C=O) groups excluding carboxylic acids is 1. The van der Waals surface area contributed by atoms with Gasteiger partial charge in [0, 0.05) is 19.7 Å². The van der Waals surface area contributed by atoms with E-state index in [2.05, 4.69) is 10.7 Å². The van der Waals surface area contributed by atoms with E-state index < -0.39 is 16.0 Å². The molecule has 1 aromatic rings. The van der Waals surface area contributed by atoms with Gasteiger partial charge < -0.3 is 4.74 Å². The third-order valence-corrected chi connectivity index (χ3v) is 4.67. The molecule has 19 heavy (non-hydrogen) atoms. The van der Waals surface area contributed by atoms with Crippen molar-refractivity contribution in [1.29, 1.82) is 0 Å². The average Bonchev–Trinajstić information content (AvgIpc) is 2.36. The molecule has 0 aliphatic rings. The van der Waals surface area contributed by atoms with Gasteiger partial charge in [-0.05, 0) is 12.1 Å². The monoisotopic (exact) mass is 301 g/mol. The van der Waals surface area contributed by atoms with E-state index in [9.17, 15) is 13.2 Å². The molecule has 1 aromatic carbocycles. The SMILES string of the molecule is C#Cc1cc(Cl)c(S(=O)(=O)N(C)C)cc1C(=O)OC. The molecule has 7 heteroatoms. The number of hydrogen-bond donors (Lipinski definition) is 0. The number of terminal acetylenes is 1. The molecule has 0 spiro atoms. The van der Waals surface area contributed by atoms with Gasteiger partial charge >= 0.3 is 5.97 Å². The van der Waals surface area contributed by atoms with Crippen LogP contribution in [0, 0.1) is 12.3 Å². The lowest BCUT2D eigenvalue weighted by Crippen LogP contribution is -2.23. The van der Waals surface area contributed by atoms with Crippen molar-refractivity contribution in [2.45, 2.75) is 4.90 Å². The number of esters is 1. The number of halogens is 1. The van der Waals surface area contributed by atoms with E-state index in [1.54, 1.807) is 0 Å². The molecule has 0 saturated heterocycles. The Bertz CT molecular complexity index is 659. The second kappa shape index (κ2) is 5.61. The second-order valence-corrected chi connectivity index (χ2v) is 6.28. The largest absolute Gasteiger partial charge is 0.465 e. The molecule has 0 bridgehead atoms. The Hall–Kier alpha value is -1.55. The van der Waals surface area contributed by atoms with E-state index in [0.717, 1.165) is 10.4 Å². The predicted molar refractivity (Wildman–Crippen MR) is 71.6 cm³/mol. The maximum Gasteiger partial charge on any atom is 0.339 e. The van der Waals surface area contributed by atoms with E-state index in [1.165, 1.54) is 27.3 Å². The Morgan fingerprint density at radius 3 is 2.42 bits per heavy atom. The summed E-state index contributed by atoms with van der Waals surface area (Å²) < 4.78 is 29.7. The van der Waals surface area contributed by atoms with E-state index in [-0.39, 0.29) is 21.0 Å². The molecule has 0 atom stereocenters. The molecule has 5 nitrogen and oxygen atoms in total. The van der Waals surface area contributed by atoms with Crippen LogP contribution < -0.4 is 0 Å². The van der Waals surface area contributed by atoms with Gasteiger partial charge in [-0.25, -0.2) is 17.5 Å². The normalized spacial score (nSPS) is 11.2. The minimum absolute atomic E-state index is 0.0187. The lowest BCUT2D eigenvalue weighted by atomic mass is 10.1. The summed E-state index contributed by atoms with van der Waals surface area (Å²) in [5.41, 5.74) is 0.157. The van der Waals surface area contributed by atoms with Crippen molar-refractivity contribution in [3.63, 3.8) is 0 Å². The summed E-state index contributed by atoms with van der Waals surface area (Å²) >= 11 is 5.90. The first-order valence-electron chi connectivity index (χ1n) is 5.06. The first-order chi connectivity index (χ1) is 8.75. The van der Waals surface area contributed by atoms with Gasteiger partial charge in [0.25, 0.3) is 0 Å². The Morgan fingerprint density at radius 1 is 1.42 bits per heavy atom. The van der Waals surface area contributed by atoms with Gasteiger partial charge in [0.15, 0.2) is 0 Å². The highest BCUT2D eigenvalue weighted by Crippen LogP contribution is 2.27. The molecule has 0 unspecified atom stereocenters. The predicted octanol–water partition coefficient (Wildman–Crippen LogP) is 1.36. The number of carbonyl (C=O) groups is 1. The quantitative estimate of drug-likeness (QED) is 0.624. The number of benzene rings is 1. The van der Waals surface area contributed by atoms with Crippen LogP contribution in [0.3, 0.4) is 0 Å². The van der Waals surface area contributed by atoms with Crippen LogP contribution in [0.4, 0.5) is 0 Å². The fraction of sp³-hybridized carbons (Fsp3) is 0.250. The van der Waals surface area contributed by atoms with Crippen LogP contribution in [-0.2, 0) is 14.8 Å². The molecule has 102 valence electrons. The number of sulfonamides is 1. The minimum atomic E-state index is -3.77. The first-order valence-corrected chi connectivity index (χ1v) is 6.88. The molecule has 0 heterocycles. The third-order valence-electron chi connectivity index (χ3n) is 2.39. The number of methoxy groups -OCH3 is 1. The van der Waals surface area contributed by atoms with E-state index in [1.807, 2.05) is 0 Å². The lowest BCUT2D eigenvalue weighted by molar-refractivity contribution is 0.0600. The van der Waals surface area contributed by atoms with Gasteiger partial charge in [-0.2, -0.15) is 0 Å². The van der Waals surface area contributed by atoms with Crippen LogP contribution in [0.15, 0.2) is 17.0 Å². The lowest BCUT2D eigenvalue weighted by Gasteiger charge is -2.14. The molecule has 0 saturated carbocycles. The molecule has 0 aliphatic carbocycles. The van der Waals surface area contributed by atoms with Crippen molar-refractivity contribution >= 4 is 27.6 Å². The first kappa shape index (κ1) is 15.5. The summed E-state index contributed by atoms with van der Waals surface area (Å²) in [6.07, 6.45) is 5.25. The minimum Gasteiger partial charge on any atom is -0.465 e. The highest BCUT2D eigenvalue weighted by atomic mass is 35.5.